The molecule has 0 unspecified atom stereocenters. The van der Waals surface area contributed by atoms with Gasteiger partial charge in [-0.2, -0.15) is 0 Å². The van der Waals surface area contributed by atoms with Crippen molar-refractivity contribution in [1.29, 1.82) is 0 Å². The first kappa shape index (κ1) is 19.3. The predicted octanol–water partition coefficient (Wildman–Crippen LogP) is 2.77. The average molecular weight is 360 g/mol. The van der Waals surface area contributed by atoms with Gasteiger partial charge in [0.05, 0.1) is 21.3 Å². The third kappa shape index (κ3) is 4.75. The molecule has 0 atom stereocenters. The van der Waals surface area contributed by atoms with Crippen molar-refractivity contribution in [2.75, 3.05) is 26.6 Å². The van der Waals surface area contributed by atoms with Gasteiger partial charge in [-0.05, 0) is 32.9 Å². The third-order valence-corrected chi connectivity index (χ3v) is 3.32. The SMILES string of the molecule is COc1cc(Nc2ccc(C(=O)NC(C)(C)C)nn2)cc(OC)c1OC. The second kappa shape index (κ2) is 7.90. The molecule has 140 valence electrons. The second-order valence-electron chi connectivity index (χ2n) is 6.55. The topological polar surface area (TPSA) is 94.6 Å². The fourth-order valence-corrected chi connectivity index (χ4v) is 2.23. The number of hydrogen-bond donors (Lipinski definition) is 2. The number of amides is 1. The first-order valence-electron chi connectivity index (χ1n) is 8.00. The molecule has 0 aliphatic rings. The molecule has 0 saturated heterocycles. The number of ether oxygens (including phenoxy) is 3. The second-order valence-corrected chi connectivity index (χ2v) is 6.55. The van der Waals surface area contributed by atoms with E-state index in [1.807, 2.05) is 20.8 Å². The van der Waals surface area contributed by atoms with E-state index in [2.05, 4.69) is 20.8 Å². The molecule has 8 heteroatoms. The minimum Gasteiger partial charge on any atom is -0.493 e. The van der Waals surface area contributed by atoms with Crippen LogP contribution in [0.5, 0.6) is 17.2 Å². The van der Waals surface area contributed by atoms with Crippen molar-refractivity contribution >= 4 is 17.4 Å². The van der Waals surface area contributed by atoms with Gasteiger partial charge < -0.3 is 24.8 Å². The fourth-order valence-electron chi connectivity index (χ4n) is 2.23. The Morgan fingerprint density at radius 1 is 0.962 bits per heavy atom. The van der Waals surface area contributed by atoms with Gasteiger partial charge in [0.15, 0.2) is 23.0 Å². The zero-order valence-corrected chi connectivity index (χ0v) is 15.8. The van der Waals surface area contributed by atoms with Crippen molar-refractivity contribution in [3.8, 4) is 17.2 Å². The lowest BCUT2D eigenvalue weighted by atomic mass is 10.1. The highest BCUT2D eigenvalue weighted by Gasteiger charge is 2.17. The van der Waals surface area contributed by atoms with Gasteiger partial charge in [-0.1, -0.05) is 0 Å². The van der Waals surface area contributed by atoms with Crippen LogP contribution in [0.25, 0.3) is 0 Å². The maximum atomic E-state index is 12.1. The van der Waals surface area contributed by atoms with Crippen molar-refractivity contribution in [2.24, 2.45) is 0 Å². The summed E-state index contributed by atoms with van der Waals surface area (Å²) in [5.74, 6) is 1.74. The molecule has 0 aliphatic carbocycles. The highest BCUT2D eigenvalue weighted by molar-refractivity contribution is 5.92. The van der Waals surface area contributed by atoms with Crippen molar-refractivity contribution in [3.63, 3.8) is 0 Å². The fraction of sp³-hybridized carbons (Fsp3) is 0.389. The van der Waals surface area contributed by atoms with Crippen molar-refractivity contribution in [2.45, 2.75) is 26.3 Å². The van der Waals surface area contributed by atoms with Crippen LogP contribution in [0.3, 0.4) is 0 Å². The highest BCUT2D eigenvalue weighted by atomic mass is 16.5. The zero-order chi connectivity index (χ0) is 19.3. The molecule has 0 fully saturated rings. The number of benzene rings is 1. The summed E-state index contributed by atoms with van der Waals surface area (Å²) < 4.78 is 15.9. The van der Waals surface area contributed by atoms with Crippen LogP contribution in [0, 0.1) is 0 Å². The number of aromatic nitrogens is 2. The molecule has 1 amide bonds. The van der Waals surface area contributed by atoms with Crippen LogP contribution in [-0.4, -0.2) is 43.0 Å². The van der Waals surface area contributed by atoms with E-state index in [0.29, 0.717) is 28.8 Å². The van der Waals surface area contributed by atoms with Crippen molar-refractivity contribution in [3.05, 3.63) is 30.0 Å². The van der Waals surface area contributed by atoms with Gasteiger partial charge in [-0.3, -0.25) is 4.79 Å². The van der Waals surface area contributed by atoms with E-state index in [1.54, 1.807) is 45.6 Å². The number of rotatable bonds is 6. The molecule has 1 aromatic carbocycles. The van der Waals surface area contributed by atoms with E-state index < -0.39 is 0 Å². The monoisotopic (exact) mass is 360 g/mol. The van der Waals surface area contributed by atoms with Crippen LogP contribution in [0.15, 0.2) is 24.3 Å². The van der Waals surface area contributed by atoms with E-state index in [4.69, 9.17) is 14.2 Å². The van der Waals surface area contributed by atoms with E-state index in [9.17, 15) is 4.79 Å². The Balaban J connectivity index is 2.20. The first-order chi connectivity index (χ1) is 12.3. The Labute approximate surface area is 152 Å². The molecule has 0 radical (unpaired) electrons. The van der Waals surface area contributed by atoms with Crippen LogP contribution in [-0.2, 0) is 0 Å². The van der Waals surface area contributed by atoms with Crippen LogP contribution in [0.4, 0.5) is 11.5 Å². The summed E-state index contributed by atoms with van der Waals surface area (Å²) in [6.07, 6.45) is 0. The van der Waals surface area contributed by atoms with E-state index in [1.165, 1.54) is 0 Å². The minimum absolute atomic E-state index is 0.246. The number of nitrogens with one attached hydrogen (secondary N) is 2. The average Bonchev–Trinajstić information content (AvgIpc) is 2.59. The lowest BCUT2D eigenvalue weighted by Gasteiger charge is -2.19. The molecule has 8 nitrogen and oxygen atoms in total. The van der Waals surface area contributed by atoms with E-state index in [0.717, 1.165) is 0 Å². The molecule has 0 spiro atoms. The largest absolute Gasteiger partial charge is 0.493 e. The van der Waals surface area contributed by atoms with Gasteiger partial charge in [0.1, 0.15) is 0 Å². The Hall–Kier alpha value is -3.03. The van der Waals surface area contributed by atoms with E-state index >= 15 is 0 Å². The number of methoxy groups -OCH3 is 3. The molecular formula is C18H24N4O4. The zero-order valence-electron chi connectivity index (χ0n) is 15.8. The number of anilines is 2. The van der Waals surface area contributed by atoms with Crippen LogP contribution in [0.2, 0.25) is 0 Å². The summed E-state index contributed by atoms with van der Waals surface area (Å²) in [5, 5.41) is 13.9. The number of carbonyl (C=O) groups is 1. The molecule has 0 saturated carbocycles. The summed E-state index contributed by atoms with van der Waals surface area (Å²) in [4.78, 5) is 12.1. The summed E-state index contributed by atoms with van der Waals surface area (Å²) >= 11 is 0. The standard InChI is InChI=1S/C18H24N4O4/c1-18(2,3)20-17(23)12-7-8-15(22-21-12)19-11-9-13(24-4)16(26-6)14(10-11)25-5/h7-10H,1-6H3,(H,19,22)(H,20,23). The molecule has 26 heavy (non-hydrogen) atoms. The summed E-state index contributed by atoms with van der Waals surface area (Å²) in [6, 6.07) is 6.79. The number of hydrogen-bond acceptors (Lipinski definition) is 7. The normalized spacial score (nSPS) is 10.8. The molecule has 2 N–H and O–H groups in total. The lowest BCUT2D eigenvalue weighted by molar-refractivity contribution is 0.0913. The Morgan fingerprint density at radius 2 is 1.58 bits per heavy atom. The van der Waals surface area contributed by atoms with Gasteiger partial charge in [0, 0.05) is 23.4 Å². The van der Waals surface area contributed by atoms with E-state index in [-0.39, 0.29) is 17.1 Å². The summed E-state index contributed by atoms with van der Waals surface area (Å²) in [6.45, 7) is 5.70. The molecule has 0 bridgehead atoms. The number of nitrogens with zero attached hydrogens (tertiary/aromatic N) is 2. The molecule has 0 aliphatic heterocycles. The van der Waals surface area contributed by atoms with Crippen molar-refractivity contribution < 1.29 is 19.0 Å². The Morgan fingerprint density at radius 3 is 2.00 bits per heavy atom. The third-order valence-electron chi connectivity index (χ3n) is 3.32. The molecule has 1 heterocycles. The maximum absolute atomic E-state index is 12.1. The Bertz CT molecular complexity index is 745. The minimum atomic E-state index is -0.341. The molecular weight excluding hydrogens is 336 g/mol. The maximum Gasteiger partial charge on any atom is 0.272 e. The predicted molar refractivity (Wildman–Crippen MR) is 98.6 cm³/mol. The van der Waals surface area contributed by atoms with Crippen molar-refractivity contribution in [1.82, 2.24) is 15.5 Å². The molecule has 2 rings (SSSR count). The quantitative estimate of drug-likeness (QED) is 0.818. The Kier molecular flexibility index (Phi) is 5.86. The van der Waals surface area contributed by atoms with Crippen LogP contribution < -0.4 is 24.8 Å². The number of carbonyl (C=O) groups excluding carboxylic acids is 1. The van der Waals surface area contributed by atoms with Gasteiger partial charge in [-0.15, -0.1) is 10.2 Å². The van der Waals surface area contributed by atoms with Crippen LogP contribution >= 0.6 is 0 Å². The highest BCUT2D eigenvalue weighted by Crippen LogP contribution is 2.40. The summed E-state index contributed by atoms with van der Waals surface area (Å²) in [5.41, 5.74) is 0.586. The van der Waals surface area contributed by atoms with Gasteiger partial charge >= 0.3 is 0 Å². The van der Waals surface area contributed by atoms with Crippen LogP contribution in [0.1, 0.15) is 31.3 Å². The summed E-state index contributed by atoms with van der Waals surface area (Å²) in [7, 11) is 4.63. The van der Waals surface area contributed by atoms with Gasteiger partial charge in [0.25, 0.3) is 5.91 Å². The van der Waals surface area contributed by atoms with Gasteiger partial charge in [0.2, 0.25) is 5.75 Å². The lowest BCUT2D eigenvalue weighted by Crippen LogP contribution is -2.41. The molecule has 1 aromatic heterocycles. The van der Waals surface area contributed by atoms with Gasteiger partial charge in [-0.25, -0.2) is 0 Å². The smallest absolute Gasteiger partial charge is 0.272 e. The molecule has 2 aromatic rings. The first-order valence-corrected chi connectivity index (χ1v) is 8.00.